The average Bonchev–Trinajstić information content (AvgIpc) is 3.05. The van der Waals surface area contributed by atoms with Gasteiger partial charge in [-0.15, -0.1) is 0 Å². The van der Waals surface area contributed by atoms with E-state index in [0.29, 0.717) is 6.10 Å². The van der Waals surface area contributed by atoms with Crippen LogP contribution in [0.5, 0.6) is 5.75 Å². The molecule has 22 heavy (non-hydrogen) atoms. The molecule has 0 bridgehead atoms. The molecule has 1 aliphatic rings. The zero-order valence-electron chi connectivity index (χ0n) is 14.2. The Morgan fingerprint density at radius 1 is 1.41 bits per heavy atom. The van der Waals surface area contributed by atoms with Crippen LogP contribution in [0.3, 0.4) is 0 Å². The maximum absolute atomic E-state index is 5.63. The highest BCUT2D eigenvalue weighted by molar-refractivity contribution is 5.59. The molecule has 1 aromatic carbocycles. The van der Waals surface area contributed by atoms with Gasteiger partial charge in [-0.05, 0) is 37.0 Å². The highest BCUT2D eigenvalue weighted by Crippen LogP contribution is 2.28. The van der Waals surface area contributed by atoms with Gasteiger partial charge in [-0.3, -0.25) is 0 Å². The van der Waals surface area contributed by atoms with Crippen LogP contribution in [0.4, 0.5) is 5.69 Å². The van der Waals surface area contributed by atoms with Gasteiger partial charge in [-0.25, -0.2) is 0 Å². The van der Waals surface area contributed by atoms with Crippen molar-refractivity contribution in [3.05, 3.63) is 23.8 Å². The minimum Gasteiger partial charge on any atom is -0.495 e. The van der Waals surface area contributed by atoms with Gasteiger partial charge in [0.15, 0.2) is 0 Å². The molecule has 1 N–H and O–H groups in total. The Labute approximate surface area is 134 Å². The molecule has 1 atom stereocenters. The number of methoxy groups -OCH3 is 1. The lowest BCUT2D eigenvalue weighted by Gasteiger charge is -2.22. The van der Waals surface area contributed by atoms with Crippen molar-refractivity contribution >= 4 is 5.69 Å². The van der Waals surface area contributed by atoms with Crippen LogP contribution in [0.2, 0.25) is 0 Å². The second-order valence-corrected chi connectivity index (χ2v) is 6.05. The lowest BCUT2D eigenvalue weighted by Crippen LogP contribution is -2.25. The van der Waals surface area contributed by atoms with Crippen molar-refractivity contribution < 1.29 is 9.47 Å². The maximum atomic E-state index is 5.63. The fraction of sp³-hybridized carbons (Fsp3) is 0.667. The first-order valence-corrected chi connectivity index (χ1v) is 8.45. The Kier molecular flexibility index (Phi) is 7.00. The summed E-state index contributed by atoms with van der Waals surface area (Å²) in [5.41, 5.74) is 2.42. The molecule has 1 saturated heterocycles. The molecule has 124 valence electrons. The fourth-order valence-corrected chi connectivity index (χ4v) is 2.85. The molecule has 0 saturated carbocycles. The van der Waals surface area contributed by atoms with Crippen molar-refractivity contribution in [1.82, 2.24) is 5.32 Å². The van der Waals surface area contributed by atoms with Gasteiger partial charge in [0.25, 0.3) is 0 Å². The molecule has 1 heterocycles. The molecular formula is C18H30N2O2. The highest BCUT2D eigenvalue weighted by Gasteiger charge is 2.14. The number of rotatable bonds is 9. The van der Waals surface area contributed by atoms with E-state index in [9.17, 15) is 0 Å². The second-order valence-electron chi connectivity index (χ2n) is 6.05. The van der Waals surface area contributed by atoms with E-state index in [1.807, 2.05) is 0 Å². The molecule has 1 unspecified atom stereocenters. The summed E-state index contributed by atoms with van der Waals surface area (Å²) in [6, 6.07) is 6.49. The van der Waals surface area contributed by atoms with Gasteiger partial charge in [0, 0.05) is 33.3 Å². The van der Waals surface area contributed by atoms with Gasteiger partial charge in [0.05, 0.1) is 18.9 Å². The number of nitrogens with one attached hydrogen (secondary N) is 1. The number of hydrogen-bond donors (Lipinski definition) is 1. The van der Waals surface area contributed by atoms with Crippen LogP contribution in [0.25, 0.3) is 0 Å². The van der Waals surface area contributed by atoms with E-state index in [2.05, 4.69) is 42.4 Å². The van der Waals surface area contributed by atoms with E-state index in [4.69, 9.17) is 9.47 Å². The predicted octanol–water partition coefficient (Wildman–Crippen LogP) is 3.20. The van der Waals surface area contributed by atoms with Crippen molar-refractivity contribution in [3.8, 4) is 5.75 Å². The first kappa shape index (κ1) is 17.1. The quantitative estimate of drug-likeness (QED) is 0.759. The van der Waals surface area contributed by atoms with Crippen LogP contribution >= 0.6 is 0 Å². The summed E-state index contributed by atoms with van der Waals surface area (Å²) in [4.78, 5) is 2.27. The lowest BCUT2D eigenvalue weighted by atomic mass is 10.1. The Hall–Kier alpha value is -1.26. The number of ether oxygens (including phenoxy) is 2. The molecule has 4 heteroatoms. The van der Waals surface area contributed by atoms with Crippen molar-refractivity contribution in [2.45, 2.75) is 45.3 Å². The van der Waals surface area contributed by atoms with Crippen LogP contribution < -0.4 is 15.0 Å². The molecule has 0 radical (unpaired) electrons. The first-order chi connectivity index (χ1) is 10.7. The second kappa shape index (κ2) is 9.01. The average molecular weight is 306 g/mol. The smallest absolute Gasteiger partial charge is 0.142 e. The minimum atomic E-state index is 0.390. The van der Waals surface area contributed by atoms with E-state index in [-0.39, 0.29) is 0 Å². The Morgan fingerprint density at radius 3 is 2.95 bits per heavy atom. The minimum absolute atomic E-state index is 0.390. The highest BCUT2D eigenvalue weighted by atomic mass is 16.5. The largest absolute Gasteiger partial charge is 0.495 e. The third kappa shape index (κ3) is 4.89. The van der Waals surface area contributed by atoms with Crippen molar-refractivity contribution in [1.29, 1.82) is 0 Å². The molecule has 0 amide bonds. The summed E-state index contributed by atoms with van der Waals surface area (Å²) in [7, 11) is 3.87. The van der Waals surface area contributed by atoms with Crippen LogP contribution in [0.1, 0.15) is 38.2 Å². The Morgan fingerprint density at radius 2 is 2.27 bits per heavy atom. The third-order valence-corrected chi connectivity index (χ3v) is 4.23. The molecular weight excluding hydrogens is 276 g/mol. The van der Waals surface area contributed by atoms with Crippen LogP contribution in [0.15, 0.2) is 18.2 Å². The van der Waals surface area contributed by atoms with E-state index in [1.54, 1.807) is 7.11 Å². The van der Waals surface area contributed by atoms with E-state index in [1.165, 1.54) is 36.9 Å². The fourth-order valence-electron chi connectivity index (χ4n) is 2.85. The number of nitrogens with zero attached hydrogens (tertiary/aromatic N) is 1. The number of anilines is 1. The van der Waals surface area contributed by atoms with Crippen molar-refractivity contribution in [2.75, 3.05) is 38.8 Å². The van der Waals surface area contributed by atoms with E-state index < -0.39 is 0 Å². The summed E-state index contributed by atoms with van der Waals surface area (Å²) in [5, 5.41) is 3.48. The number of unbranched alkanes of at least 4 members (excludes halogenated alkanes) is 1. The summed E-state index contributed by atoms with van der Waals surface area (Å²) in [6.07, 6.45) is 5.17. The number of benzene rings is 1. The SMILES string of the molecule is CCCCN(C)c1ccc(CNCC2CCCO2)cc1OC. The van der Waals surface area contributed by atoms with Crippen LogP contribution in [-0.2, 0) is 11.3 Å². The molecule has 1 aromatic rings. The van der Waals surface area contributed by atoms with Crippen LogP contribution in [0, 0.1) is 0 Å². The monoisotopic (exact) mass is 306 g/mol. The third-order valence-electron chi connectivity index (χ3n) is 4.23. The van der Waals surface area contributed by atoms with Gasteiger partial charge in [0.2, 0.25) is 0 Å². The van der Waals surface area contributed by atoms with Gasteiger partial charge in [0.1, 0.15) is 5.75 Å². The molecule has 0 aliphatic carbocycles. The van der Waals surface area contributed by atoms with Crippen LogP contribution in [-0.4, -0.2) is 40.0 Å². The summed E-state index contributed by atoms with van der Waals surface area (Å²) < 4.78 is 11.2. The van der Waals surface area contributed by atoms with E-state index >= 15 is 0 Å². The van der Waals surface area contributed by atoms with Gasteiger partial charge in [-0.1, -0.05) is 19.4 Å². The standard InChI is InChI=1S/C18H30N2O2/c1-4-5-10-20(2)17-9-8-15(12-18(17)21-3)13-19-14-16-7-6-11-22-16/h8-9,12,16,19H,4-7,10-11,13-14H2,1-3H3. The topological polar surface area (TPSA) is 33.7 Å². The normalized spacial score (nSPS) is 17.7. The first-order valence-electron chi connectivity index (χ1n) is 8.45. The summed E-state index contributed by atoms with van der Waals surface area (Å²) >= 11 is 0. The van der Waals surface area contributed by atoms with E-state index in [0.717, 1.165) is 32.0 Å². The van der Waals surface area contributed by atoms with Gasteiger partial charge in [-0.2, -0.15) is 0 Å². The summed E-state index contributed by atoms with van der Waals surface area (Å²) in [5.74, 6) is 0.954. The molecule has 0 spiro atoms. The van der Waals surface area contributed by atoms with Crippen molar-refractivity contribution in [3.63, 3.8) is 0 Å². The summed E-state index contributed by atoms with van der Waals surface area (Å²) in [6.45, 7) is 5.98. The number of hydrogen-bond acceptors (Lipinski definition) is 4. The molecule has 0 aromatic heterocycles. The molecule has 2 rings (SSSR count). The Bertz CT molecular complexity index is 445. The van der Waals surface area contributed by atoms with Gasteiger partial charge >= 0.3 is 0 Å². The zero-order chi connectivity index (χ0) is 15.8. The predicted molar refractivity (Wildman–Crippen MR) is 91.9 cm³/mol. The Balaban J connectivity index is 1.89. The molecule has 1 aliphatic heterocycles. The molecule has 1 fully saturated rings. The zero-order valence-corrected chi connectivity index (χ0v) is 14.2. The van der Waals surface area contributed by atoms with Gasteiger partial charge < -0.3 is 19.7 Å². The maximum Gasteiger partial charge on any atom is 0.142 e. The molecule has 4 nitrogen and oxygen atoms in total. The van der Waals surface area contributed by atoms with Crippen molar-refractivity contribution in [2.24, 2.45) is 0 Å². The lowest BCUT2D eigenvalue weighted by molar-refractivity contribution is 0.110.